The van der Waals surface area contributed by atoms with E-state index < -0.39 is 0 Å². The van der Waals surface area contributed by atoms with Gasteiger partial charge in [-0.1, -0.05) is 22.0 Å². The molecule has 18 heavy (non-hydrogen) atoms. The smallest absolute Gasteiger partial charge is 0.270 e. The molecule has 1 N–H and O–H groups in total. The third-order valence-electron chi connectivity index (χ3n) is 3.55. The monoisotopic (exact) mass is 310 g/mol. The zero-order valence-electron chi connectivity index (χ0n) is 10.7. The molecule has 1 saturated carbocycles. The highest BCUT2D eigenvalue weighted by Crippen LogP contribution is 2.28. The zero-order chi connectivity index (χ0) is 13.0. The Labute approximate surface area is 117 Å². The van der Waals surface area contributed by atoms with Crippen molar-refractivity contribution in [1.82, 2.24) is 10.3 Å². The van der Waals surface area contributed by atoms with Gasteiger partial charge in [0.15, 0.2) is 0 Å². The lowest BCUT2D eigenvalue weighted by Gasteiger charge is -2.25. The van der Waals surface area contributed by atoms with Gasteiger partial charge in [0.1, 0.15) is 5.69 Å². The molecule has 3 nitrogen and oxygen atoms in total. The van der Waals surface area contributed by atoms with Crippen molar-refractivity contribution in [2.45, 2.75) is 37.4 Å². The Hall–Kier alpha value is -0.900. The number of carbonyl (C=O) groups is 1. The highest BCUT2D eigenvalue weighted by molar-refractivity contribution is 9.09. The molecule has 1 aromatic heterocycles. The zero-order valence-corrected chi connectivity index (χ0v) is 12.2. The quantitative estimate of drug-likeness (QED) is 0.872. The first-order valence-corrected chi connectivity index (χ1v) is 7.42. The number of amides is 1. The van der Waals surface area contributed by atoms with Crippen LogP contribution in [-0.2, 0) is 0 Å². The Bertz CT molecular complexity index is 414. The summed E-state index contributed by atoms with van der Waals surface area (Å²) in [5, 5.41) is 3.01. The molecule has 0 unspecified atom stereocenters. The molecule has 1 heterocycles. The van der Waals surface area contributed by atoms with E-state index in [-0.39, 0.29) is 5.91 Å². The van der Waals surface area contributed by atoms with E-state index >= 15 is 0 Å². The summed E-state index contributed by atoms with van der Waals surface area (Å²) in [7, 11) is 0. The predicted molar refractivity (Wildman–Crippen MR) is 76.0 cm³/mol. The van der Waals surface area contributed by atoms with Gasteiger partial charge in [-0.05, 0) is 50.2 Å². The van der Waals surface area contributed by atoms with Gasteiger partial charge in [-0.3, -0.25) is 9.78 Å². The van der Waals surface area contributed by atoms with Gasteiger partial charge in [-0.25, -0.2) is 0 Å². The summed E-state index contributed by atoms with van der Waals surface area (Å²) < 4.78 is 0. The molecule has 98 valence electrons. The summed E-state index contributed by atoms with van der Waals surface area (Å²) >= 11 is 3.64. The molecule has 4 heteroatoms. The summed E-state index contributed by atoms with van der Waals surface area (Å²) in [6.45, 7) is 2.69. The lowest BCUT2D eigenvalue weighted by atomic mass is 9.89. The minimum atomic E-state index is -0.0472. The van der Waals surface area contributed by atoms with Crippen LogP contribution in [0.4, 0.5) is 0 Å². The van der Waals surface area contributed by atoms with Gasteiger partial charge >= 0.3 is 0 Å². The summed E-state index contributed by atoms with van der Waals surface area (Å²) in [6.07, 6.45) is 6.47. The topological polar surface area (TPSA) is 42.0 Å². The van der Waals surface area contributed by atoms with Gasteiger partial charge < -0.3 is 5.32 Å². The highest BCUT2D eigenvalue weighted by Gasteiger charge is 2.20. The number of hydrogen-bond donors (Lipinski definition) is 1. The maximum atomic E-state index is 12.0. The Morgan fingerprint density at radius 2 is 2.17 bits per heavy atom. The van der Waals surface area contributed by atoms with Crippen LogP contribution >= 0.6 is 15.9 Å². The van der Waals surface area contributed by atoms with E-state index in [1.54, 1.807) is 6.20 Å². The van der Waals surface area contributed by atoms with Crippen LogP contribution in [0, 0.1) is 12.8 Å². The molecular formula is C14H19BrN2O. The second-order valence-electron chi connectivity index (χ2n) is 5.00. The standard InChI is InChI=1S/C14H19BrN2O/c1-10-3-2-8-16-13(10)14(18)17-9-11-4-6-12(15)7-5-11/h2-3,8,11-12H,4-7,9H2,1H3,(H,17,18). The van der Waals surface area contributed by atoms with Crippen LogP contribution in [0.2, 0.25) is 0 Å². The van der Waals surface area contributed by atoms with E-state index in [1.165, 1.54) is 25.7 Å². The molecule has 0 aromatic carbocycles. The van der Waals surface area contributed by atoms with E-state index in [0.29, 0.717) is 16.4 Å². The predicted octanol–water partition coefficient (Wildman–Crippen LogP) is 3.07. The van der Waals surface area contributed by atoms with Gasteiger partial charge in [-0.2, -0.15) is 0 Å². The summed E-state index contributed by atoms with van der Waals surface area (Å²) in [5.74, 6) is 0.570. The number of nitrogens with one attached hydrogen (secondary N) is 1. The number of halogens is 1. The second-order valence-corrected chi connectivity index (χ2v) is 6.29. The molecule has 0 aliphatic heterocycles. The Balaban J connectivity index is 1.84. The summed E-state index contributed by atoms with van der Waals surface area (Å²) in [5.41, 5.74) is 1.48. The van der Waals surface area contributed by atoms with Crippen molar-refractivity contribution in [2.75, 3.05) is 6.54 Å². The highest BCUT2D eigenvalue weighted by atomic mass is 79.9. The maximum absolute atomic E-state index is 12.0. The van der Waals surface area contributed by atoms with Gasteiger partial charge in [0.05, 0.1) is 0 Å². The Kier molecular flexibility index (Phi) is 4.75. The SMILES string of the molecule is Cc1cccnc1C(=O)NCC1CCC(Br)CC1. The van der Waals surface area contributed by atoms with E-state index in [2.05, 4.69) is 26.2 Å². The third kappa shape index (κ3) is 3.55. The molecular weight excluding hydrogens is 292 g/mol. The fourth-order valence-corrected chi connectivity index (χ4v) is 2.90. The molecule has 2 rings (SSSR count). The molecule has 0 bridgehead atoms. The van der Waals surface area contributed by atoms with Crippen LogP contribution in [0.3, 0.4) is 0 Å². The molecule has 0 spiro atoms. The molecule has 1 fully saturated rings. The molecule has 0 atom stereocenters. The van der Waals surface area contributed by atoms with Crippen molar-refractivity contribution in [3.05, 3.63) is 29.6 Å². The maximum Gasteiger partial charge on any atom is 0.270 e. The molecule has 1 aliphatic rings. The van der Waals surface area contributed by atoms with Crippen LogP contribution in [0.25, 0.3) is 0 Å². The van der Waals surface area contributed by atoms with Gasteiger partial charge in [0, 0.05) is 17.6 Å². The summed E-state index contributed by atoms with van der Waals surface area (Å²) in [4.78, 5) is 16.8. The van der Waals surface area contributed by atoms with E-state index in [4.69, 9.17) is 0 Å². The second kappa shape index (κ2) is 6.32. The van der Waals surface area contributed by atoms with Crippen molar-refractivity contribution in [3.8, 4) is 0 Å². The Morgan fingerprint density at radius 3 is 2.83 bits per heavy atom. The number of aromatic nitrogens is 1. The van der Waals surface area contributed by atoms with E-state index in [0.717, 1.165) is 12.1 Å². The van der Waals surface area contributed by atoms with Crippen LogP contribution in [0.1, 0.15) is 41.7 Å². The van der Waals surface area contributed by atoms with Gasteiger partial charge in [0.25, 0.3) is 5.91 Å². The minimum absolute atomic E-state index is 0.0472. The number of rotatable bonds is 3. The average Bonchev–Trinajstić information content (AvgIpc) is 2.38. The first kappa shape index (κ1) is 13.5. The third-order valence-corrected chi connectivity index (χ3v) is 4.47. The first-order chi connectivity index (χ1) is 8.66. The fraction of sp³-hybridized carbons (Fsp3) is 0.571. The van der Waals surface area contributed by atoms with Crippen molar-refractivity contribution >= 4 is 21.8 Å². The van der Waals surface area contributed by atoms with Crippen molar-refractivity contribution in [2.24, 2.45) is 5.92 Å². The molecule has 1 amide bonds. The lowest BCUT2D eigenvalue weighted by molar-refractivity contribution is 0.0938. The van der Waals surface area contributed by atoms with Gasteiger partial charge in [0.2, 0.25) is 0 Å². The van der Waals surface area contributed by atoms with Crippen LogP contribution in [-0.4, -0.2) is 22.3 Å². The number of nitrogens with zero attached hydrogens (tertiary/aromatic N) is 1. The molecule has 0 radical (unpaired) electrons. The molecule has 1 aromatic rings. The summed E-state index contributed by atoms with van der Waals surface area (Å²) in [6, 6.07) is 3.77. The normalized spacial score (nSPS) is 23.7. The number of carbonyl (C=O) groups excluding carboxylic acids is 1. The van der Waals surface area contributed by atoms with Crippen molar-refractivity contribution in [3.63, 3.8) is 0 Å². The Morgan fingerprint density at radius 1 is 1.44 bits per heavy atom. The lowest BCUT2D eigenvalue weighted by Crippen LogP contribution is -2.32. The van der Waals surface area contributed by atoms with E-state index in [1.807, 2.05) is 19.1 Å². The van der Waals surface area contributed by atoms with Gasteiger partial charge in [-0.15, -0.1) is 0 Å². The average molecular weight is 311 g/mol. The molecule has 1 aliphatic carbocycles. The molecule has 0 saturated heterocycles. The first-order valence-electron chi connectivity index (χ1n) is 6.50. The van der Waals surface area contributed by atoms with Crippen molar-refractivity contribution < 1.29 is 4.79 Å². The largest absolute Gasteiger partial charge is 0.350 e. The fourth-order valence-electron chi connectivity index (χ4n) is 2.37. The number of alkyl halides is 1. The minimum Gasteiger partial charge on any atom is -0.350 e. The number of hydrogen-bond acceptors (Lipinski definition) is 2. The number of pyridine rings is 1. The number of aryl methyl sites for hydroxylation is 1. The van der Waals surface area contributed by atoms with Crippen LogP contribution in [0.5, 0.6) is 0 Å². The van der Waals surface area contributed by atoms with Crippen LogP contribution in [0.15, 0.2) is 18.3 Å². The van der Waals surface area contributed by atoms with Crippen molar-refractivity contribution in [1.29, 1.82) is 0 Å². The van der Waals surface area contributed by atoms with E-state index in [9.17, 15) is 4.79 Å². The van der Waals surface area contributed by atoms with Crippen LogP contribution < -0.4 is 5.32 Å².